The highest BCUT2D eigenvalue weighted by Crippen LogP contribution is 2.20. The van der Waals surface area contributed by atoms with Crippen molar-refractivity contribution in [1.82, 2.24) is 15.2 Å². The van der Waals surface area contributed by atoms with Gasteiger partial charge in [0.2, 0.25) is 0 Å². The standard InChI is InChI=1S/C15H21N3O2/c19-15(17-13-3-4-13)18(11-14-2-1-9-20-14)10-12-5-7-16-8-6-12/h5-8,13-14H,1-4,9-11H2,(H,17,19)/t14-/m0/s1. The van der Waals surface area contributed by atoms with Crippen molar-refractivity contribution in [2.45, 2.75) is 44.4 Å². The summed E-state index contributed by atoms with van der Waals surface area (Å²) in [4.78, 5) is 18.2. The molecular formula is C15H21N3O2. The number of hydrogen-bond donors (Lipinski definition) is 1. The first-order valence-electron chi connectivity index (χ1n) is 7.37. The highest BCUT2D eigenvalue weighted by atomic mass is 16.5. The summed E-state index contributed by atoms with van der Waals surface area (Å²) in [6, 6.07) is 4.31. The number of nitrogens with one attached hydrogen (secondary N) is 1. The van der Waals surface area contributed by atoms with Gasteiger partial charge < -0.3 is 15.0 Å². The first-order valence-corrected chi connectivity index (χ1v) is 7.37. The van der Waals surface area contributed by atoms with E-state index >= 15 is 0 Å². The fourth-order valence-electron chi connectivity index (χ4n) is 2.46. The molecule has 1 aliphatic carbocycles. The van der Waals surface area contributed by atoms with Gasteiger partial charge in [-0.3, -0.25) is 4.98 Å². The lowest BCUT2D eigenvalue weighted by Crippen LogP contribution is -2.44. The third kappa shape index (κ3) is 3.70. The van der Waals surface area contributed by atoms with Crippen LogP contribution in [0.2, 0.25) is 0 Å². The number of pyridine rings is 1. The Bertz CT molecular complexity index is 442. The van der Waals surface area contributed by atoms with Crippen molar-refractivity contribution in [1.29, 1.82) is 0 Å². The summed E-state index contributed by atoms with van der Waals surface area (Å²) in [6.45, 7) is 2.10. The molecule has 1 aliphatic heterocycles. The molecule has 0 radical (unpaired) electrons. The topological polar surface area (TPSA) is 54.5 Å². The summed E-state index contributed by atoms with van der Waals surface area (Å²) in [5.41, 5.74) is 1.10. The van der Waals surface area contributed by atoms with E-state index in [9.17, 15) is 4.79 Å². The van der Waals surface area contributed by atoms with Crippen LogP contribution in [0.1, 0.15) is 31.2 Å². The highest BCUT2D eigenvalue weighted by molar-refractivity contribution is 5.75. The molecule has 0 aromatic carbocycles. The maximum absolute atomic E-state index is 12.3. The van der Waals surface area contributed by atoms with Gasteiger partial charge in [0, 0.05) is 38.1 Å². The minimum absolute atomic E-state index is 0.0276. The summed E-state index contributed by atoms with van der Waals surface area (Å²) in [5, 5.41) is 3.06. The Labute approximate surface area is 119 Å². The minimum Gasteiger partial charge on any atom is -0.376 e. The fraction of sp³-hybridized carbons (Fsp3) is 0.600. The lowest BCUT2D eigenvalue weighted by molar-refractivity contribution is 0.0794. The van der Waals surface area contributed by atoms with Gasteiger partial charge in [-0.15, -0.1) is 0 Å². The van der Waals surface area contributed by atoms with Crippen LogP contribution in [0.4, 0.5) is 4.79 Å². The lowest BCUT2D eigenvalue weighted by Gasteiger charge is -2.25. The van der Waals surface area contributed by atoms with Gasteiger partial charge in [0.25, 0.3) is 0 Å². The quantitative estimate of drug-likeness (QED) is 0.893. The molecule has 108 valence electrons. The molecule has 20 heavy (non-hydrogen) atoms. The predicted molar refractivity (Wildman–Crippen MR) is 75.2 cm³/mol. The normalized spacial score (nSPS) is 21.7. The summed E-state index contributed by atoms with van der Waals surface area (Å²) in [6.07, 6.45) is 8.06. The van der Waals surface area contributed by atoms with Gasteiger partial charge in [-0.1, -0.05) is 0 Å². The molecule has 0 bridgehead atoms. The minimum atomic E-state index is 0.0276. The van der Waals surface area contributed by atoms with Crippen LogP contribution < -0.4 is 5.32 Å². The fourth-order valence-corrected chi connectivity index (χ4v) is 2.46. The number of rotatable bonds is 5. The van der Waals surface area contributed by atoms with E-state index in [4.69, 9.17) is 4.74 Å². The second-order valence-corrected chi connectivity index (χ2v) is 5.59. The van der Waals surface area contributed by atoms with Crippen LogP contribution in [0.5, 0.6) is 0 Å². The molecule has 2 aliphatic rings. The molecule has 1 aromatic heterocycles. The third-order valence-electron chi connectivity index (χ3n) is 3.76. The van der Waals surface area contributed by atoms with Crippen LogP contribution in [0, 0.1) is 0 Å². The van der Waals surface area contributed by atoms with Crippen LogP contribution in [0.3, 0.4) is 0 Å². The van der Waals surface area contributed by atoms with Crippen molar-refractivity contribution < 1.29 is 9.53 Å². The highest BCUT2D eigenvalue weighted by Gasteiger charge is 2.28. The van der Waals surface area contributed by atoms with Crippen molar-refractivity contribution in [3.05, 3.63) is 30.1 Å². The maximum Gasteiger partial charge on any atom is 0.318 e. The average Bonchev–Trinajstić information content (AvgIpc) is 3.13. The number of nitrogens with zero attached hydrogens (tertiary/aromatic N) is 2. The number of ether oxygens (including phenoxy) is 1. The first-order chi connectivity index (χ1) is 9.81. The van der Waals surface area contributed by atoms with Crippen LogP contribution in [0.15, 0.2) is 24.5 Å². The number of aromatic nitrogens is 1. The van der Waals surface area contributed by atoms with E-state index in [0.717, 1.165) is 37.9 Å². The largest absolute Gasteiger partial charge is 0.376 e. The Balaban J connectivity index is 1.63. The van der Waals surface area contributed by atoms with Crippen molar-refractivity contribution in [3.63, 3.8) is 0 Å². The number of amides is 2. The molecule has 2 fully saturated rings. The molecule has 5 nitrogen and oxygen atoms in total. The number of urea groups is 1. The summed E-state index contributed by atoms with van der Waals surface area (Å²) in [7, 11) is 0. The predicted octanol–water partition coefficient (Wildman–Crippen LogP) is 1.93. The van der Waals surface area contributed by atoms with Crippen molar-refractivity contribution >= 4 is 6.03 Å². The van der Waals surface area contributed by atoms with E-state index < -0.39 is 0 Å². The zero-order chi connectivity index (χ0) is 13.8. The van der Waals surface area contributed by atoms with Gasteiger partial charge in [-0.2, -0.15) is 0 Å². The molecule has 2 heterocycles. The molecule has 1 N–H and O–H groups in total. The zero-order valence-electron chi connectivity index (χ0n) is 11.6. The van der Waals surface area contributed by atoms with E-state index in [0.29, 0.717) is 19.1 Å². The molecule has 1 aromatic rings. The van der Waals surface area contributed by atoms with Gasteiger partial charge in [0.05, 0.1) is 6.10 Å². The average molecular weight is 275 g/mol. The summed E-state index contributed by atoms with van der Waals surface area (Å²) in [5.74, 6) is 0. The van der Waals surface area contributed by atoms with Gasteiger partial charge in [-0.25, -0.2) is 4.79 Å². The van der Waals surface area contributed by atoms with Crippen molar-refractivity contribution in [3.8, 4) is 0 Å². The molecule has 1 saturated heterocycles. The second-order valence-electron chi connectivity index (χ2n) is 5.59. The smallest absolute Gasteiger partial charge is 0.318 e. The first kappa shape index (κ1) is 13.4. The van der Waals surface area contributed by atoms with Crippen molar-refractivity contribution in [2.24, 2.45) is 0 Å². The Kier molecular flexibility index (Phi) is 4.16. The molecular weight excluding hydrogens is 254 g/mol. The second kappa shape index (κ2) is 6.22. The molecule has 1 atom stereocenters. The van der Waals surface area contributed by atoms with Crippen LogP contribution in [-0.4, -0.2) is 41.2 Å². The van der Waals surface area contributed by atoms with Crippen LogP contribution in [-0.2, 0) is 11.3 Å². The third-order valence-corrected chi connectivity index (χ3v) is 3.76. The molecule has 1 saturated carbocycles. The van der Waals surface area contributed by atoms with Gasteiger partial charge in [0.15, 0.2) is 0 Å². The van der Waals surface area contributed by atoms with Crippen LogP contribution in [0.25, 0.3) is 0 Å². The maximum atomic E-state index is 12.3. The van der Waals surface area contributed by atoms with Crippen LogP contribution >= 0.6 is 0 Å². The van der Waals surface area contributed by atoms with E-state index in [1.165, 1.54) is 0 Å². The SMILES string of the molecule is O=C(NC1CC1)N(Cc1ccncc1)C[C@@H]1CCCO1. The molecule has 2 amide bonds. The Morgan fingerprint density at radius 2 is 2.15 bits per heavy atom. The van der Waals surface area contributed by atoms with Gasteiger partial charge >= 0.3 is 6.03 Å². The van der Waals surface area contributed by atoms with Gasteiger partial charge in [-0.05, 0) is 43.4 Å². The Morgan fingerprint density at radius 1 is 1.35 bits per heavy atom. The molecule has 3 rings (SSSR count). The van der Waals surface area contributed by atoms with E-state index in [1.54, 1.807) is 12.4 Å². The van der Waals surface area contributed by atoms with E-state index in [-0.39, 0.29) is 12.1 Å². The molecule has 0 spiro atoms. The Hall–Kier alpha value is -1.62. The van der Waals surface area contributed by atoms with Crippen molar-refractivity contribution in [2.75, 3.05) is 13.2 Å². The number of carbonyl (C=O) groups is 1. The molecule has 0 unspecified atom stereocenters. The van der Waals surface area contributed by atoms with E-state index in [1.807, 2.05) is 17.0 Å². The summed E-state index contributed by atoms with van der Waals surface area (Å²) >= 11 is 0. The monoisotopic (exact) mass is 275 g/mol. The lowest BCUT2D eigenvalue weighted by atomic mass is 10.2. The number of carbonyl (C=O) groups excluding carboxylic acids is 1. The Morgan fingerprint density at radius 3 is 2.80 bits per heavy atom. The number of hydrogen-bond acceptors (Lipinski definition) is 3. The van der Waals surface area contributed by atoms with E-state index in [2.05, 4.69) is 10.3 Å². The summed E-state index contributed by atoms with van der Waals surface area (Å²) < 4.78 is 5.66. The van der Waals surface area contributed by atoms with Gasteiger partial charge in [0.1, 0.15) is 0 Å². The zero-order valence-corrected chi connectivity index (χ0v) is 11.6. The molecule has 5 heteroatoms.